The van der Waals surface area contributed by atoms with Gasteiger partial charge in [0.25, 0.3) is 5.91 Å². The van der Waals surface area contributed by atoms with Gasteiger partial charge < -0.3 is 15.3 Å². The van der Waals surface area contributed by atoms with E-state index in [0.29, 0.717) is 18.9 Å². The van der Waals surface area contributed by atoms with Gasteiger partial charge in [-0.2, -0.15) is 5.10 Å². The number of nitrogens with zero attached hydrogens (tertiary/aromatic N) is 6. The maximum atomic E-state index is 10.6. The summed E-state index contributed by atoms with van der Waals surface area (Å²) < 4.78 is 1.80. The summed E-state index contributed by atoms with van der Waals surface area (Å²) in [6.07, 6.45) is 5.27. The van der Waals surface area contributed by atoms with Gasteiger partial charge in [-0.25, -0.2) is 19.5 Å². The van der Waals surface area contributed by atoms with Gasteiger partial charge in [0, 0.05) is 36.9 Å². The number of rotatable bonds is 4. The van der Waals surface area contributed by atoms with Gasteiger partial charge in [-0.15, -0.1) is 11.3 Å². The maximum absolute atomic E-state index is 10.6. The second-order valence-corrected chi connectivity index (χ2v) is 8.81. The number of nitrogens with one attached hydrogen (secondary N) is 1. The van der Waals surface area contributed by atoms with E-state index < -0.39 is 6.10 Å². The van der Waals surface area contributed by atoms with E-state index in [0.717, 1.165) is 33.2 Å². The number of carbonyl (C=O) groups is 1. The van der Waals surface area contributed by atoms with Crippen molar-refractivity contribution in [3.63, 3.8) is 0 Å². The fraction of sp³-hybridized carbons (Fsp3) is 0.160. The summed E-state index contributed by atoms with van der Waals surface area (Å²) in [7, 11) is 1.69. The summed E-state index contributed by atoms with van der Waals surface area (Å²) in [4.78, 5) is 25.8. The van der Waals surface area contributed by atoms with Crippen LogP contribution in [0.25, 0.3) is 27.5 Å². The first-order valence-corrected chi connectivity index (χ1v) is 11.9. The number of thiazole rings is 1. The Hall–Kier alpha value is -4.15. The molecule has 9 nitrogen and oxygen atoms in total. The Bertz CT molecular complexity index is 1440. The molecule has 0 bridgehead atoms. The monoisotopic (exact) mass is 485 g/mol. The lowest BCUT2D eigenvalue weighted by molar-refractivity contribution is -0.133. The van der Waals surface area contributed by atoms with E-state index in [1.165, 1.54) is 4.90 Å². The van der Waals surface area contributed by atoms with Gasteiger partial charge in [0.05, 0.1) is 23.1 Å². The average molecular weight is 486 g/mol. The summed E-state index contributed by atoms with van der Waals surface area (Å²) in [5.74, 6) is 0.368. The van der Waals surface area contributed by atoms with Crippen LogP contribution in [0.15, 0.2) is 78.6 Å². The number of anilines is 2. The maximum Gasteiger partial charge on any atom is 0.251 e. The van der Waals surface area contributed by atoms with Crippen LogP contribution in [0, 0.1) is 0 Å². The third-order valence-corrected chi connectivity index (χ3v) is 6.39. The molecule has 1 aromatic carbocycles. The second-order valence-electron chi connectivity index (χ2n) is 7.95. The number of benzene rings is 1. The summed E-state index contributed by atoms with van der Waals surface area (Å²) in [6, 6.07) is 17.9. The second kappa shape index (κ2) is 10.00. The Morgan fingerprint density at radius 2 is 1.89 bits per heavy atom. The van der Waals surface area contributed by atoms with E-state index in [9.17, 15) is 4.79 Å². The lowest BCUT2D eigenvalue weighted by Gasteiger charge is -2.04. The molecule has 1 fully saturated rings. The molecule has 5 aromatic rings. The van der Waals surface area contributed by atoms with E-state index in [4.69, 9.17) is 10.1 Å². The topological polar surface area (TPSA) is 109 Å². The van der Waals surface area contributed by atoms with Crippen molar-refractivity contribution in [3.05, 3.63) is 78.6 Å². The highest BCUT2D eigenvalue weighted by Gasteiger charge is 2.26. The molecule has 2 N–H and O–H groups in total. The Labute approximate surface area is 205 Å². The zero-order valence-corrected chi connectivity index (χ0v) is 19.8. The van der Waals surface area contributed by atoms with Crippen LogP contribution in [0.4, 0.5) is 11.6 Å². The van der Waals surface area contributed by atoms with E-state index >= 15 is 0 Å². The number of carbonyl (C=O) groups excluding carboxylic acids is 1. The van der Waals surface area contributed by atoms with Gasteiger partial charge in [0.1, 0.15) is 16.8 Å². The molecule has 6 rings (SSSR count). The van der Waals surface area contributed by atoms with Gasteiger partial charge >= 0.3 is 0 Å². The average Bonchev–Trinajstić information content (AvgIpc) is 3.62. The summed E-state index contributed by atoms with van der Waals surface area (Å²) in [5.41, 5.74) is 4.66. The predicted molar refractivity (Wildman–Crippen MR) is 135 cm³/mol. The molecule has 0 radical (unpaired) electrons. The number of aromatic nitrogens is 5. The first kappa shape index (κ1) is 22.6. The molecule has 4 aromatic heterocycles. The Balaban J connectivity index is 0.000000271. The Kier molecular flexibility index (Phi) is 6.47. The summed E-state index contributed by atoms with van der Waals surface area (Å²) in [5, 5.41) is 19.3. The summed E-state index contributed by atoms with van der Waals surface area (Å²) in [6.45, 7) is 0.694. The van der Waals surface area contributed by atoms with Gasteiger partial charge in [0.2, 0.25) is 5.95 Å². The number of hydrogen-bond donors (Lipinski definition) is 2. The van der Waals surface area contributed by atoms with E-state index in [-0.39, 0.29) is 5.91 Å². The largest absolute Gasteiger partial charge is 0.383 e. The minimum absolute atomic E-state index is 0.148. The highest BCUT2D eigenvalue weighted by Crippen LogP contribution is 2.28. The van der Waals surface area contributed by atoms with E-state index in [2.05, 4.69) is 32.5 Å². The van der Waals surface area contributed by atoms with Crippen LogP contribution < -0.4 is 5.32 Å². The van der Waals surface area contributed by atoms with Crippen LogP contribution in [-0.2, 0) is 4.79 Å². The molecule has 0 saturated carbocycles. The van der Waals surface area contributed by atoms with Crippen molar-refractivity contribution in [3.8, 4) is 22.0 Å². The van der Waals surface area contributed by atoms with E-state index in [1.54, 1.807) is 35.3 Å². The molecule has 1 amide bonds. The smallest absolute Gasteiger partial charge is 0.251 e. The van der Waals surface area contributed by atoms with Gasteiger partial charge in [0.15, 0.2) is 0 Å². The minimum Gasteiger partial charge on any atom is -0.383 e. The first-order valence-electron chi connectivity index (χ1n) is 11.1. The number of likely N-dealkylation sites (N-methyl/N-ethyl adjacent to an activating group) is 1. The van der Waals surface area contributed by atoms with Crippen molar-refractivity contribution in [1.82, 2.24) is 29.5 Å². The number of fused-ring (bicyclic) bond motifs is 1. The minimum atomic E-state index is -0.722. The third-order valence-electron chi connectivity index (χ3n) is 5.52. The quantitative estimate of drug-likeness (QED) is 0.398. The van der Waals surface area contributed by atoms with Crippen LogP contribution in [0.1, 0.15) is 6.42 Å². The van der Waals surface area contributed by atoms with Crippen molar-refractivity contribution < 1.29 is 9.90 Å². The number of aliphatic hydroxyl groups excluding tert-OH is 1. The van der Waals surface area contributed by atoms with Crippen LogP contribution in [0.2, 0.25) is 0 Å². The normalized spacial score (nSPS) is 15.2. The molecule has 10 heteroatoms. The number of amides is 1. The standard InChI is InChI=1S/C20H14N6S.C5H9NO2/c1-2-6-14(7-3-1)17-13-27-19(23-17)15-9-10-21-20(24-15)25-16-12-22-26-11-5-4-8-18(16)26;1-6-3-2-4(7)5(6)8/h1-13H,(H,21,24,25);4,7H,2-3H2,1H3. The van der Waals surface area contributed by atoms with Crippen LogP contribution in [-0.4, -0.2) is 60.2 Å². The zero-order valence-electron chi connectivity index (χ0n) is 18.9. The molecular weight excluding hydrogens is 462 g/mol. The van der Waals surface area contributed by atoms with Gasteiger partial charge in [-0.05, 0) is 24.6 Å². The summed E-state index contributed by atoms with van der Waals surface area (Å²) >= 11 is 1.57. The molecule has 1 atom stereocenters. The molecule has 35 heavy (non-hydrogen) atoms. The SMILES string of the molecule is CN1CCC(O)C1=O.c1ccc(-c2csc(-c3ccnc(Nc4cnn5ccccc45)n3)n2)cc1. The molecule has 176 valence electrons. The number of hydrogen-bond acceptors (Lipinski definition) is 8. The highest BCUT2D eigenvalue weighted by molar-refractivity contribution is 7.13. The van der Waals surface area contributed by atoms with Crippen molar-refractivity contribution in [2.75, 3.05) is 18.9 Å². The van der Waals surface area contributed by atoms with E-state index in [1.807, 2.05) is 54.0 Å². The Morgan fingerprint density at radius 3 is 2.63 bits per heavy atom. The third kappa shape index (κ3) is 5.03. The first-order chi connectivity index (χ1) is 17.1. The van der Waals surface area contributed by atoms with Crippen molar-refractivity contribution in [1.29, 1.82) is 0 Å². The molecule has 0 spiro atoms. The lowest BCUT2D eigenvalue weighted by Crippen LogP contribution is -2.24. The Morgan fingerprint density at radius 1 is 1.06 bits per heavy atom. The van der Waals surface area contributed by atoms with Crippen LogP contribution in [0.3, 0.4) is 0 Å². The molecule has 1 saturated heterocycles. The van der Waals surface area contributed by atoms with Crippen LogP contribution >= 0.6 is 11.3 Å². The fourth-order valence-corrected chi connectivity index (χ4v) is 4.42. The number of pyridine rings is 1. The van der Waals surface area contributed by atoms with Crippen molar-refractivity contribution in [2.45, 2.75) is 12.5 Å². The molecule has 1 aliphatic rings. The molecule has 1 unspecified atom stereocenters. The molecule has 1 aliphatic heterocycles. The van der Waals surface area contributed by atoms with Crippen molar-refractivity contribution >= 4 is 34.4 Å². The molecule has 0 aliphatic carbocycles. The van der Waals surface area contributed by atoms with Gasteiger partial charge in [-0.1, -0.05) is 36.4 Å². The molecule has 5 heterocycles. The van der Waals surface area contributed by atoms with Gasteiger partial charge in [-0.3, -0.25) is 4.79 Å². The number of aliphatic hydroxyl groups is 1. The zero-order chi connectivity index (χ0) is 24.2. The highest BCUT2D eigenvalue weighted by atomic mass is 32.1. The van der Waals surface area contributed by atoms with Crippen molar-refractivity contribution in [2.24, 2.45) is 0 Å². The predicted octanol–water partition coefficient (Wildman–Crippen LogP) is 3.87. The number of likely N-dealkylation sites (tertiary alicyclic amines) is 1. The molecular formula is C25H23N7O2S. The van der Waals surface area contributed by atoms with Crippen LogP contribution in [0.5, 0.6) is 0 Å². The fourth-order valence-electron chi connectivity index (χ4n) is 3.63. The lowest BCUT2D eigenvalue weighted by atomic mass is 10.2.